The number of hydrogen-bond acceptors (Lipinski definition) is 2. The van der Waals surface area contributed by atoms with E-state index in [0.29, 0.717) is 0 Å². The SMILES string of the molecule is CC(C)(C)C(NC(=O)C1CCCN1)c1ccc(F)cc1. The van der Waals surface area contributed by atoms with Gasteiger partial charge in [-0.15, -0.1) is 0 Å². The van der Waals surface area contributed by atoms with Crippen LogP contribution in [-0.2, 0) is 4.79 Å². The highest BCUT2D eigenvalue weighted by atomic mass is 19.1. The fourth-order valence-electron chi connectivity index (χ4n) is 2.61. The van der Waals surface area contributed by atoms with Gasteiger partial charge in [0.15, 0.2) is 0 Å². The average molecular weight is 278 g/mol. The minimum Gasteiger partial charge on any atom is -0.347 e. The summed E-state index contributed by atoms with van der Waals surface area (Å²) in [6.45, 7) is 7.12. The molecule has 1 saturated heterocycles. The van der Waals surface area contributed by atoms with Gasteiger partial charge in [-0.25, -0.2) is 4.39 Å². The van der Waals surface area contributed by atoms with E-state index in [4.69, 9.17) is 0 Å². The van der Waals surface area contributed by atoms with Crippen molar-refractivity contribution in [3.05, 3.63) is 35.6 Å². The van der Waals surface area contributed by atoms with E-state index in [1.807, 2.05) is 0 Å². The largest absolute Gasteiger partial charge is 0.347 e. The van der Waals surface area contributed by atoms with Gasteiger partial charge in [0.1, 0.15) is 5.82 Å². The van der Waals surface area contributed by atoms with Gasteiger partial charge in [0.05, 0.1) is 12.1 Å². The molecule has 0 bridgehead atoms. The van der Waals surface area contributed by atoms with Gasteiger partial charge in [-0.2, -0.15) is 0 Å². The van der Waals surface area contributed by atoms with Crippen LogP contribution in [0.4, 0.5) is 4.39 Å². The number of benzene rings is 1. The van der Waals surface area contributed by atoms with Crippen molar-refractivity contribution in [3.8, 4) is 0 Å². The van der Waals surface area contributed by atoms with Crippen molar-refractivity contribution in [2.45, 2.75) is 45.7 Å². The lowest BCUT2D eigenvalue weighted by molar-refractivity contribution is -0.124. The first-order valence-corrected chi connectivity index (χ1v) is 7.17. The molecule has 0 aliphatic carbocycles. The van der Waals surface area contributed by atoms with Crippen LogP contribution >= 0.6 is 0 Å². The molecule has 20 heavy (non-hydrogen) atoms. The third-order valence-corrected chi connectivity index (χ3v) is 3.73. The van der Waals surface area contributed by atoms with E-state index in [9.17, 15) is 9.18 Å². The molecule has 2 unspecified atom stereocenters. The molecular formula is C16H23FN2O. The fraction of sp³-hybridized carbons (Fsp3) is 0.562. The molecular weight excluding hydrogens is 255 g/mol. The highest BCUT2D eigenvalue weighted by Gasteiger charge is 2.31. The summed E-state index contributed by atoms with van der Waals surface area (Å²) in [4.78, 5) is 12.3. The monoisotopic (exact) mass is 278 g/mol. The van der Waals surface area contributed by atoms with Crippen LogP contribution in [-0.4, -0.2) is 18.5 Å². The van der Waals surface area contributed by atoms with Crippen LogP contribution < -0.4 is 10.6 Å². The molecule has 110 valence electrons. The van der Waals surface area contributed by atoms with Crippen molar-refractivity contribution >= 4 is 5.91 Å². The van der Waals surface area contributed by atoms with Crippen LogP contribution in [0, 0.1) is 11.2 Å². The number of carbonyl (C=O) groups is 1. The minimum absolute atomic E-state index is 0.0340. The summed E-state index contributed by atoms with van der Waals surface area (Å²) < 4.78 is 13.1. The Balaban J connectivity index is 2.15. The number of carbonyl (C=O) groups excluding carboxylic acids is 1. The standard InChI is InChI=1S/C16H23FN2O/c1-16(2,3)14(11-6-8-12(17)9-7-11)19-15(20)13-5-4-10-18-13/h6-9,13-14,18H,4-5,10H2,1-3H3,(H,19,20). The van der Waals surface area contributed by atoms with Gasteiger partial charge in [-0.05, 0) is 42.5 Å². The van der Waals surface area contributed by atoms with Crippen LogP contribution in [0.2, 0.25) is 0 Å². The van der Waals surface area contributed by atoms with E-state index in [2.05, 4.69) is 31.4 Å². The van der Waals surface area contributed by atoms with Crippen LogP contribution in [0.15, 0.2) is 24.3 Å². The van der Waals surface area contributed by atoms with Crippen molar-refractivity contribution in [2.75, 3.05) is 6.54 Å². The lowest BCUT2D eigenvalue weighted by atomic mass is 9.82. The number of halogens is 1. The minimum atomic E-state index is -0.259. The third-order valence-electron chi connectivity index (χ3n) is 3.73. The average Bonchev–Trinajstić information content (AvgIpc) is 2.89. The van der Waals surface area contributed by atoms with Crippen LogP contribution in [0.5, 0.6) is 0 Å². The van der Waals surface area contributed by atoms with Crippen molar-refractivity contribution in [1.29, 1.82) is 0 Å². The summed E-state index contributed by atoms with van der Waals surface area (Å²) in [5.74, 6) is -0.225. The molecule has 2 N–H and O–H groups in total. The second-order valence-electron chi connectivity index (χ2n) is 6.51. The number of nitrogens with one attached hydrogen (secondary N) is 2. The summed E-state index contributed by atoms with van der Waals surface area (Å²) in [6, 6.07) is 6.14. The smallest absolute Gasteiger partial charge is 0.237 e. The molecule has 1 aromatic rings. The molecule has 1 heterocycles. The Labute approximate surface area is 120 Å². The van der Waals surface area contributed by atoms with E-state index in [-0.39, 0.29) is 29.2 Å². The molecule has 0 aromatic heterocycles. The zero-order valence-electron chi connectivity index (χ0n) is 12.4. The zero-order valence-corrected chi connectivity index (χ0v) is 12.4. The Morgan fingerprint density at radius 2 is 2.00 bits per heavy atom. The topological polar surface area (TPSA) is 41.1 Å². The maximum atomic E-state index is 13.1. The van der Waals surface area contributed by atoms with E-state index < -0.39 is 0 Å². The van der Waals surface area contributed by atoms with E-state index in [0.717, 1.165) is 24.9 Å². The molecule has 3 nitrogen and oxygen atoms in total. The first kappa shape index (κ1) is 15.0. The van der Waals surface area contributed by atoms with Gasteiger partial charge in [0.25, 0.3) is 0 Å². The highest BCUT2D eigenvalue weighted by Crippen LogP contribution is 2.33. The Kier molecular flexibility index (Phi) is 4.43. The van der Waals surface area contributed by atoms with E-state index in [1.54, 1.807) is 12.1 Å². The summed E-state index contributed by atoms with van der Waals surface area (Å²) in [6.07, 6.45) is 1.92. The predicted molar refractivity (Wildman–Crippen MR) is 77.8 cm³/mol. The molecule has 1 amide bonds. The highest BCUT2D eigenvalue weighted by molar-refractivity contribution is 5.82. The third kappa shape index (κ3) is 3.57. The molecule has 0 spiro atoms. The normalized spacial score (nSPS) is 20.7. The van der Waals surface area contributed by atoms with Gasteiger partial charge in [-0.3, -0.25) is 4.79 Å². The Hall–Kier alpha value is -1.42. The second-order valence-corrected chi connectivity index (χ2v) is 6.51. The summed E-state index contributed by atoms with van der Waals surface area (Å²) in [7, 11) is 0. The molecule has 0 radical (unpaired) electrons. The van der Waals surface area contributed by atoms with Crippen molar-refractivity contribution in [1.82, 2.24) is 10.6 Å². The van der Waals surface area contributed by atoms with Crippen LogP contribution in [0.25, 0.3) is 0 Å². The maximum absolute atomic E-state index is 13.1. The van der Waals surface area contributed by atoms with Gasteiger partial charge in [0.2, 0.25) is 5.91 Å². The first-order chi connectivity index (χ1) is 9.38. The van der Waals surface area contributed by atoms with Gasteiger partial charge in [0, 0.05) is 0 Å². The molecule has 2 atom stereocenters. The quantitative estimate of drug-likeness (QED) is 0.892. The summed E-state index contributed by atoms with van der Waals surface area (Å²) >= 11 is 0. The van der Waals surface area contributed by atoms with Crippen LogP contribution in [0.1, 0.15) is 45.2 Å². The molecule has 4 heteroatoms. The summed E-state index contributed by atoms with van der Waals surface area (Å²) in [5, 5.41) is 6.31. The molecule has 1 aliphatic rings. The van der Waals surface area contributed by atoms with Gasteiger partial charge < -0.3 is 10.6 Å². The number of amides is 1. The molecule has 1 aliphatic heterocycles. The number of hydrogen-bond donors (Lipinski definition) is 2. The Morgan fingerprint density at radius 3 is 2.50 bits per heavy atom. The Morgan fingerprint density at radius 1 is 1.35 bits per heavy atom. The van der Waals surface area contributed by atoms with Gasteiger partial charge >= 0.3 is 0 Å². The lowest BCUT2D eigenvalue weighted by Gasteiger charge is -2.33. The van der Waals surface area contributed by atoms with Crippen LogP contribution in [0.3, 0.4) is 0 Å². The Bertz CT molecular complexity index is 458. The molecule has 1 fully saturated rings. The predicted octanol–water partition coefficient (Wildman–Crippen LogP) is 2.78. The first-order valence-electron chi connectivity index (χ1n) is 7.17. The van der Waals surface area contributed by atoms with Gasteiger partial charge in [-0.1, -0.05) is 32.9 Å². The maximum Gasteiger partial charge on any atom is 0.237 e. The second kappa shape index (κ2) is 5.92. The number of rotatable bonds is 3. The van der Waals surface area contributed by atoms with E-state index in [1.165, 1.54) is 12.1 Å². The molecule has 0 saturated carbocycles. The lowest BCUT2D eigenvalue weighted by Crippen LogP contribution is -2.45. The summed E-state index contributed by atoms with van der Waals surface area (Å²) in [5.41, 5.74) is 0.803. The fourth-order valence-corrected chi connectivity index (χ4v) is 2.61. The molecule has 1 aromatic carbocycles. The van der Waals surface area contributed by atoms with Crippen molar-refractivity contribution in [3.63, 3.8) is 0 Å². The van der Waals surface area contributed by atoms with E-state index >= 15 is 0 Å². The van der Waals surface area contributed by atoms with Crippen molar-refractivity contribution in [2.24, 2.45) is 5.41 Å². The molecule has 2 rings (SSSR count). The van der Waals surface area contributed by atoms with Crippen molar-refractivity contribution < 1.29 is 9.18 Å². The zero-order chi connectivity index (χ0) is 14.8.